The van der Waals surface area contributed by atoms with Gasteiger partial charge in [-0.25, -0.2) is 0 Å². The number of nitrogens with two attached hydrogens (primary N) is 2. The van der Waals surface area contributed by atoms with Gasteiger partial charge < -0.3 is 20.9 Å². The van der Waals surface area contributed by atoms with Crippen LogP contribution in [0, 0.1) is 0 Å². The molecule has 2 unspecified atom stereocenters. The molecule has 1 aliphatic rings. The first-order valence-electron chi connectivity index (χ1n) is 7.27. The molecule has 0 radical (unpaired) electrons. The van der Waals surface area contributed by atoms with Crippen LogP contribution in [0.4, 0.5) is 11.4 Å². The highest BCUT2D eigenvalue weighted by molar-refractivity contribution is 5.42. The van der Waals surface area contributed by atoms with Gasteiger partial charge in [-0.3, -0.25) is 5.32 Å². The summed E-state index contributed by atoms with van der Waals surface area (Å²) in [5.41, 5.74) is 13.7. The van der Waals surface area contributed by atoms with Gasteiger partial charge >= 0.3 is 0 Å². The summed E-state index contributed by atoms with van der Waals surface area (Å²) in [6.45, 7) is 3.18. The van der Waals surface area contributed by atoms with E-state index in [4.69, 9.17) is 20.9 Å². The summed E-state index contributed by atoms with van der Waals surface area (Å²) in [4.78, 5) is 0. The molecule has 0 aromatic heterocycles. The van der Waals surface area contributed by atoms with Gasteiger partial charge in [-0.05, 0) is 48.9 Å². The van der Waals surface area contributed by atoms with Crippen LogP contribution < -0.4 is 21.5 Å². The van der Waals surface area contributed by atoms with E-state index in [1.165, 1.54) is 0 Å². The van der Waals surface area contributed by atoms with Crippen LogP contribution in [-0.4, -0.2) is 18.8 Å². The van der Waals surface area contributed by atoms with E-state index in [9.17, 15) is 0 Å². The molecule has 0 amide bonds. The Balaban J connectivity index is 1.60. The lowest BCUT2D eigenvalue weighted by molar-refractivity contribution is 0.0953. The quantitative estimate of drug-likeness (QED) is 0.755. The second kappa shape index (κ2) is 5.87. The molecule has 3 rings (SSSR count). The largest absolute Gasteiger partial charge is 0.492 e. The number of benzene rings is 2. The minimum absolute atomic E-state index is 0.138. The molecule has 1 fully saturated rings. The number of nitrogens with one attached hydrogen (secondary N) is 1. The molecule has 0 saturated carbocycles. The Morgan fingerprint density at radius 2 is 1.68 bits per heavy atom. The molecule has 0 spiro atoms. The van der Waals surface area contributed by atoms with Crippen molar-refractivity contribution in [2.75, 3.05) is 24.7 Å². The first-order valence-corrected chi connectivity index (χ1v) is 7.27. The number of hydrogen-bond acceptors (Lipinski definition) is 5. The van der Waals surface area contributed by atoms with Crippen LogP contribution in [0.2, 0.25) is 0 Å². The fraction of sp³-hybridized carbons (Fsp3) is 0.294. The van der Waals surface area contributed by atoms with E-state index < -0.39 is 0 Å². The molecule has 2 atom stereocenters. The van der Waals surface area contributed by atoms with E-state index >= 15 is 0 Å². The predicted molar refractivity (Wildman–Crippen MR) is 87.4 cm³/mol. The summed E-state index contributed by atoms with van der Waals surface area (Å²) in [5, 5.41) is 3.47. The van der Waals surface area contributed by atoms with Crippen LogP contribution in [0.25, 0.3) is 0 Å². The van der Waals surface area contributed by atoms with Gasteiger partial charge in [-0.15, -0.1) is 0 Å². The number of nitrogen functional groups attached to an aromatic ring is 2. The van der Waals surface area contributed by atoms with Gasteiger partial charge in [0.2, 0.25) is 0 Å². The smallest absolute Gasteiger partial charge is 0.134 e. The summed E-state index contributed by atoms with van der Waals surface area (Å²) >= 11 is 0. The zero-order valence-corrected chi connectivity index (χ0v) is 12.6. The molecule has 2 aromatic rings. The van der Waals surface area contributed by atoms with Gasteiger partial charge in [0.15, 0.2) is 0 Å². The monoisotopic (exact) mass is 299 g/mol. The number of rotatable bonds is 4. The van der Waals surface area contributed by atoms with E-state index in [0.717, 1.165) is 22.7 Å². The predicted octanol–water partition coefficient (Wildman–Crippen LogP) is 2.31. The van der Waals surface area contributed by atoms with Crippen molar-refractivity contribution in [1.29, 1.82) is 0 Å². The normalized spacial score (nSPS) is 24.3. The topological polar surface area (TPSA) is 82.5 Å². The van der Waals surface area contributed by atoms with Gasteiger partial charge in [-0.2, -0.15) is 0 Å². The molecule has 1 heterocycles. The van der Waals surface area contributed by atoms with Gasteiger partial charge in [0.1, 0.15) is 18.6 Å². The number of ether oxygens (including phenoxy) is 2. The van der Waals surface area contributed by atoms with Gasteiger partial charge in [0.05, 0.1) is 12.1 Å². The van der Waals surface area contributed by atoms with Gasteiger partial charge in [-0.1, -0.05) is 12.1 Å². The average molecular weight is 299 g/mol. The zero-order valence-electron chi connectivity index (χ0n) is 12.6. The fourth-order valence-electron chi connectivity index (χ4n) is 2.41. The number of hydrogen-bond donors (Lipinski definition) is 3. The Morgan fingerprint density at radius 1 is 1.09 bits per heavy atom. The van der Waals surface area contributed by atoms with E-state index in [-0.39, 0.29) is 11.8 Å². The van der Waals surface area contributed by atoms with Crippen LogP contribution in [0.3, 0.4) is 0 Å². The van der Waals surface area contributed by atoms with E-state index in [2.05, 4.69) is 12.2 Å². The standard InChI is InChI=1S/C17H21N3O2/c1-17(10-21-15-8-6-14(19)7-9-15)11-22-16(20-17)12-2-4-13(18)5-3-12/h2-9,16,20H,10-11,18-19H2,1H3. The van der Waals surface area contributed by atoms with Gasteiger partial charge in [0, 0.05) is 11.4 Å². The second-order valence-corrected chi connectivity index (χ2v) is 5.92. The van der Waals surface area contributed by atoms with Crippen LogP contribution in [-0.2, 0) is 4.74 Å². The maximum absolute atomic E-state index is 5.85. The molecule has 0 bridgehead atoms. The molecule has 5 N–H and O–H groups in total. The minimum Gasteiger partial charge on any atom is -0.492 e. The Labute approximate surface area is 130 Å². The van der Waals surface area contributed by atoms with Crippen molar-refractivity contribution in [1.82, 2.24) is 5.32 Å². The van der Waals surface area contributed by atoms with Crippen LogP contribution in [0.5, 0.6) is 5.75 Å². The van der Waals surface area contributed by atoms with Crippen molar-refractivity contribution < 1.29 is 9.47 Å². The molecule has 22 heavy (non-hydrogen) atoms. The molecule has 1 aliphatic heterocycles. The Bertz CT molecular complexity index is 627. The van der Waals surface area contributed by atoms with Crippen molar-refractivity contribution in [3.63, 3.8) is 0 Å². The Morgan fingerprint density at radius 3 is 2.32 bits per heavy atom. The second-order valence-electron chi connectivity index (χ2n) is 5.92. The van der Waals surface area contributed by atoms with Crippen molar-refractivity contribution in [2.24, 2.45) is 0 Å². The highest BCUT2D eigenvalue weighted by Crippen LogP contribution is 2.27. The van der Waals surface area contributed by atoms with Crippen LogP contribution in [0.1, 0.15) is 18.7 Å². The van der Waals surface area contributed by atoms with E-state index in [0.29, 0.717) is 13.2 Å². The molecule has 1 saturated heterocycles. The Hall–Kier alpha value is -2.24. The summed E-state index contributed by atoms with van der Waals surface area (Å²) in [7, 11) is 0. The third kappa shape index (κ3) is 3.32. The maximum atomic E-state index is 5.85. The first kappa shape index (κ1) is 14.7. The SMILES string of the molecule is CC1(COc2ccc(N)cc2)COC(c2ccc(N)cc2)N1. The lowest BCUT2D eigenvalue weighted by Gasteiger charge is -2.23. The number of anilines is 2. The Kier molecular flexibility index (Phi) is 3.92. The lowest BCUT2D eigenvalue weighted by Crippen LogP contribution is -2.45. The minimum atomic E-state index is -0.243. The van der Waals surface area contributed by atoms with E-state index in [1.54, 1.807) is 0 Å². The summed E-state index contributed by atoms with van der Waals surface area (Å²) in [5.74, 6) is 0.799. The molecule has 5 heteroatoms. The van der Waals surface area contributed by atoms with Crippen LogP contribution in [0.15, 0.2) is 48.5 Å². The summed E-state index contributed by atoms with van der Waals surface area (Å²) < 4.78 is 11.7. The van der Waals surface area contributed by atoms with Crippen LogP contribution >= 0.6 is 0 Å². The highest BCUT2D eigenvalue weighted by atomic mass is 16.5. The van der Waals surface area contributed by atoms with Crippen molar-refractivity contribution >= 4 is 11.4 Å². The van der Waals surface area contributed by atoms with Crippen molar-refractivity contribution in [3.05, 3.63) is 54.1 Å². The highest BCUT2D eigenvalue weighted by Gasteiger charge is 2.36. The van der Waals surface area contributed by atoms with Crippen molar-refractivity contribution in [3.8, 4) is 5.75 Å². The lowest BCUT2D eigenvalue weighted by atomic mass is 10.1. The molecule has 2 aromatic carbocycles. The third-order valence-electron chi connectivity index (χ3n) is 3.72. The summed E-state index contributed by atoms with van der Waals surface area (Å²) in [6.07, 6.45) is -0.138. The third-order valence-corrected chi connectivity index (χ3v) is 3.72. The van der Waals surface area contributed by atoms with Gasteiger partial charge in [0.25, 0.3) is 0 Å². The fourth-order valence-corrected chi connectivity index (χ4v) is 2.41. The molecule has 5 nitrogen and oxygen atoms in total. The first-order chi connectivity index (χ1) is 10.5. The molecule has 116 valence electrons. The molecular weight excluding hydrogens is 278 g/mol. The maximum Gasteiger partial charge on any atom is 0.134 e. The van der Waals surface area contributed by atoms with E-state index in [1.807, 2.05) is 48.5 Å². The molecule has 0 aliphatic carbocycles. The summed E-state index contributed by atoms with van der Waals surface area (Å²) in [6, 6.07) is 15.1. The van der Waals surface area contributed by atoms with Crippen molar-refractivity contribution in [2.45, 2.75) is 18.7 Å². The average Bonchev–Trinajstić information content (AvgIpc) is 2.90. The molecular formula is C17H21N3O2. The zero-order chi connectivity index (χ0) is 15.6.